The zero-order chi connectivity index (χ0) is 18.9. The molecular formula is C20H22N2O5. The van der Waals surface area contributed by atoms with E-state index in [0.717, 1.165) is 37.7 Å². The van der Waals surface area contributed by atoms with Gasteiger partial charge in [-0.3, -0.25) is 4.79 Å². The maximum Gasteiger partial charge on any atom is 0.345 e. The van der Waals surface area contributed by atoms with Crippen molar-refractivity contribution in [1.29, 1.82) is 0 Å². The molecule has 2 aromatic rings. The highest BCUT2D eigenvalue weighted by Crippen LogP contribution is 2.44. The second kappa shape index (κ2) is 7.25. The summed E-state index contributed by atoms with van der Waals surface area (Å²) < 4.78 is 4.84. The topological polar surface area (TPSA) is 90.5 Å². The summed E-state index contributed by atoms with van der Waals surface area (Å²) in [4.78, 5) is 43.0. The Morgan fingerprint density at radius 3 is 2.59 bits per heavy atom. The highest BCUT2D eigenvalue weighted by Gasteiger charge is 2.42. The molecule has 1 aliphatic heterocycles. The lowest BCUT2D eigenvalue weighted by atomic mass is 9.75. The lowest BCUT2D eigenvalue weighted by Crippen LogP contribution is -2.34. The lowest BCUT2D eigenvalue weighted by Gasteiger charge is -2.34. The largest absolute Gasteiger partial charge is 0.465 e. The van der Waals surface area contributed by atoms with Crippen molar-refractivity contribution >= 4 is 5.97 Å². The average Bonchev–Trinajstić information content (AvgIpc) is 3.16. The summed E-state index contributed by atoms with van der Waals surface area (Å²) >= 11 is 0. The van der Waals surface area contributed by atoms with Gasteiger partial charge >= 0.3 is 5.97 Å². The van der Waals surface area contributed by atoms with Crippen LogP contribution in [0.5, 0.6) is 0 Å². The Bertz CT molecular complexity index is 877. The number of nitrogens with one attached hydrogen (secondary N) is 1. The number of carbonyl (C=O) groups is 1. The van der Waals surface area contributed by atoms with Crippen molar-refractivity contribution < 1.29 is 19.3 Å². The van der Waals surface area contributed by atoms with Gasteiger partial charge in [-0.05, 0) is 25.7 Å². The summed E-state index contributed by atoms with van der Waals surface area (Å²) in [7, 11) is 1.27. The SMILES string of the molecule is COC(=O)c1c(C2CCC3(CCOO3)CC2)nc(-c2ccccc2)[nH]c1=O. The molecule has 0 radical (unpaired) electrons. The number of benzene rings is 1. The van der Waals surface area contributed by atoms with Gasteiger partial charge in [0, 0.05) is 17.9 Å². The summed E-state index contributed by atoms with van der Waals surface area (Å²) in [5.41, 5.74) is 0.615. The number of methoxy groups -OCH3 is 1. The van der Waals surface area contributed by atoms with Gasteiger partial charge in [-0.25, -0.2) is 19.6 Å². The fourth-order valence-electron chi connectivity index (χ4n) is 4.00. The molecule has 2 heterocycles. The van der Waals surface area contributed by atoms with Gasteiger partial charge in [0.2, 0.25) is 0 Å². The number of aromatic nitrogens is 2. The van der Waals surface area contributed by atoms with Gasteiger partial charge < -0.3 is 9.72 Å². The molecule has 4 rings (SSSR count). The number of rotatable bonds is 3. The van der Waals surface area contributed by atoms with Crippen LogP contribution in [0.15, 0.2) is 35.1 Å². The predicted octanol–water partition coefficient (Wildman–Crippen LogP) is 2.97. The first-order valence-electron chi connectivity index (χ1n) is 9.20. The van der Waals surface area contributed by atoms with Crippen molar-refractivity contribution in [3.05, 3.63) is 51.9 Å². The third kappa shape index (κ3) is 3.40. The number of hydrogen-bond acceptors (Lipinski definition) is 6. The normalized spacial score (nSPS) is 24.9. The molecule has 2 aliphatic rings. The Morgan fingerprint density at radius 2 is 1.96 bits per heavy atom. The number of ether oxygens (including phenoxy) is 1. The zero-order valence-electron chi connectivity index (χ0n) is 15.2. The minimum Gasteiger partial charge on any atom is -0.465 e. The molecule has 1 N–H and O–H groups in total. The average molecular weight is 370 g/mol. The van der Waals surface area contributed by atoms with E-state index < -0.39 is 11.5 Å². The van der Waals surface area contributed by atoms with Gasteiger partial charge in [0.25, 0.3) is 5.56 Å². The van der Waals surface area contributed by atoms with Gasteiger partial charge in [0.05, 0.1) is 19.4 Å². The second-order valence-electron chi connectivity index (χ2n) is 7.14. The van der Waals surface area contributed by atoms with E-state index >= 15 is 0 Å². The minimum atomic E-state index is -0.654. The number of H-pyrrole nitrogens is 1. The molecule has 0 bridgehead atoms. The predicted molar refractivity (Wildman–Crippen MR) is 97.2 cm³/mol. The fraction of sp³-hybridized carbons (Fsp3) is 0.450. The molecule has 1 aromatic carbocycles. The van der Waals surface area contributed by atoms with Crippen molar-refractivity contribution in [1.82, 2.24) is 9.97 Å². The third-order valence-corrected chi connectivity index (χ3v) is 5.54. The lowest BCUT2D eigenvalue weighted by molar-refractivity contribution is -0.314. The minimum absolute atomic E-state index is 0.00122. The second-order valence-corrected chi connectivity index (χ2v) is 7.14. The molecule has 1 spiro atoms. The van der Waals surface area contributed by atoms with Crippen LogP contribution < -0.4 is 5.56 Å². The molecule has 0 atom stereocenters. The van der Waals surface area contributed by atoms with Crippen molar-refractivity contribution in [2.24, 2.45) is 0 Å². The van der Waals surface area contributed by atoms with Crippen molar-refractivity contribution in [2.75, 3.05) is 13.7 Å². The molecule has 7 heteroatoms. The molecular weight excluding hydrogens is 348 g/mol. The van der Waals surface area contributed by atoms with E-state index in [9.17, 15) is 9.59 Å². The Labute approximate surface area is 156 Å². The van der Waals surface area contributed by atoms with E-state index in [4.69, 9.17) is 14.5 Å². The molecule has 2 fully saturated rings. The first-order valence-corrected chi connectivity index (χ1v) is 9.20. The van der Waals surface area contributed by atoms with Gasteiger partial charge in [0.15, 0.2) is 0 Å². The Kier molecular flexibility index (Phi) is 4.80. The van der Waals surface area contributed by atoms with Gasteiger partial charge in [0.1, 0.15) is 17.0 Å². The highest BCUT2D eigenvalue weighted by atomic mass is 17.2. The molecule has 0 unspecified atom stereocenters. The zero-order valence-corrected chi connectivity index (χ0v) is 15.2. The summed E-state index contributed by atoms with van der Waals surface area (Å²) in [6.07, 6.45) is 4.05. The molecule has 1 aromatic heterocycles. The summed E-state index contributed by atoms with van der Waals surface area (Å²) in [6, 6.07) is 9.41. The maximum atomic E-state index is 12.7. The van der Waals surface area contributed by atoms with Gasteiger partial charge in [-0.1, -0.05) is 30.3 Å². The van der Waals surface area contributed by atoms with Crippen LogP contribution in [0, 0.1) is 0 Å². The van der Waals surface area contributed by atoms with Crippen LogP contribution in [0.25, 0.3) is 11.4 Å². The van der Waals surface area contributed by atoms with Crippen LogP contribution in [0.2, 0.25) is 0 Å². The number of hydrogen-bond donors (Lipinski definition) is 1. The van der Waals surface area contributed by atoms with E-state index in [-0.39, 0.29) is 17.1 Å². The van der Waals surface area contributed by atoms with Crippen LogP contribution in [0.4, 0.5) is 0 Å². The number of carbonyl (C=O) groups excluding carboxylic acids is 1. The molecule has 1 saturated carbocycles. The summed E-state index contributed by atoms with van der Waals surface area (Å²) in [6.45, 7) is 0.611. The van der Waals surface area contributed by atoms with Crippen LogP contribution in [0.1, 0.15) is 54.1 Å². The van der Waals surface area contributed by atoms with Crippen LogP contribution in [-0.2, 0) is 14.5 Å². The first kappa shape index (κ1) is 17.9. The number of aromatic amines is 1. The first-order chi connectivity index (χ1) is 13.1. The molecule has 7 nitrogen and oxygen atoms in total. The van der Waals surface area contributed by atoms with Gasteiger partial charge in [-0.2, -0.15) is 0 Å². The maximum absolute atomic E-state index is 12.7. The van der Waals surface area contributed by atoms with Crippen LogP contribution >= 0.6 is 0 Å². The van der Waals surface area contributed by atoms with E-state index in [1.807, 2.05) is 30.3 Å². The monoisotopic (exact) mass is 370 g/mol. The van der Waals surface area contributed by atoms with E-state index in [1.165, 1.54) is 7.11 Å². The molecule has 27 heavy (non-hydrogen) atoms. The van der Waals surface area contributed by atoms with E-state index in [0.29, 0.717) is 18.1 Å². The standard InChI is InChI=1S/C20H22N2O5/c1-25-19(24)15-16(13-7-9-20(10-8-13)11-12-26-27-20)21-17(22-18(15)23)14-5-3-2-4-6-14/h2-6,13H,7-12H2,1H3,(H,21,22,23). The van der Waals surface area contributed by atoms with Crippen LogP contribution in [0.3, 0.4) is 0 Å². The fourth-order valence-corrected chi connectivity index (χ4v) is 4.00. The van der Waals surface area contributed by atoms with Gasteiger partial charge in [-0.15, -0.1) is 0 Å². The van der Waals surface area contributed by atoms with E-state index in [2.05, 4.69) is 9.97 Å². The smallest absolute Gasteiger partial charge is 0.345 e. The molecule has 0 amide bonds. The number of esters is 1. The third-order valence-electron chi connectivity index (χ3n) is 5.54. The summed E-state index contributed by atoms with van der Waals surface area (Å²) in [5, 5.41) is 0. The molecule has 1 saturated heterocycles. The Morgan fingerprint density at radius 1 is 1.22 bits per heavy atom. The van der Waals surface area contributed by atoms with E-state index in [1.54, 1.807) is 0 Å². The van der Waals surface area contributed by atoms with Crippen LogP contribution in [-0.4, -0.2) is 35.3 Å². The molecule has 142 valence electrons. The molecule has 1 aliphatic carbocycles. The van der Waals surface area contributed by atoms with Crippen molar-refractivity contribution in [3.8, 4) is 11.4 Å². The quantitative estimate of drug-likeness (QED) is 0.660. The van der Waals surface area contributed by atoms with Crippen molar-refractivity contribution in [2.45, 2.75) is 43.6 Å². The van der Waals surface area contributed by atoms with Crippen molar-refractivity contribution in [3.63, 3.8) is 0 Å². The number of nitrogens with zero attached hydrogens (tertiary/aromatic N) is 1. The Balaban J connectivity index is 1.72. The Hall–Kier alpha value is -2.51. The summed E-state index contributed by atoms with van der Waals surface area (Å²) in [5.74, 6) is -0.193. The highest BCUT2D eigenvalue weighted by molar-refractivity contribution is 5.90.